The first kappa shape index (κ1) is 13.8. The molecule has 0 aliphatic rings. The Kier molecular flexibility index (Phi) is 4.04. The highest BCUT2D eigenvalue weighted by molar-refractivity contribution is 5.72. The van der Waals surface area contributed by atoms with E-state index in [9.17, 15) is 4.39 Å². The molecule has 1 heteroatoms. The summed E-state index contributed by atoms with van der Waals surface area (Å²) in [6.07, 6.45) is 0. The molecule has 0 aliphatic carbocycles. The molecule has 0 nitrogen and oxygen atoms in total. The molecule has 19 heavy (non-hydrogen) atoms. The fourth-order valence-electron chi connectivity index (χ4n) is 2.50. The quantitative estimate of drug-likeness (QED) is 0.657. The van der Waals surface area contributed by atoms with Crippen molar-refractivity contribution in [1.29, 1.82) is 0 Å². The van der Waals surface area contributed by atoms with E-state index in [0.717, 1.165) is 5.56 Å². The normalized spacial score (nSPS) is 11.3. The Morgan fingerprint density at radius 3 is 1.63 bits per heavy atom. The second-order valence-electron chi connectivity index (χ2n) is 5.63. The van der Waals surface area contributed by atoms with E-state index in [1.807, 2.05) is 12.1 Å². The number of hydrogen-bond donors (Lipinski definition) is 0. The van der Waals surface area contributed by atoms with Crippen molar-refractivity contribution >= 4 is 0 Å². The molecule has 0 bridgehead atoms. The van der Waals surface area contributed by atoms with Gasteiger partial charge in [0.25, 0.3) is 0 Å². The van der Waals surface area contributed by atoms with Gasteiger partial charge in [-0.3, -0.25) is 0 Å². The first-order valence-electron chi connectivity index (χ1n) is 6.89. The third-order valence-electron chi connectivity index (χ3n) is 3.51. The van der Waals surface area contributed by atoms with Gasteiger partial charge < -0.3 is 0 Å². The van der Waals surface area contributed by atoms with Gasteiger partial charge >= 0.3 is 0 Å². The Labute approximate surface area is 115 Å². The summed E-state index contributed by atoms with van der Waals surface area (Å²) in [5, 5.41) is 0. The average Bonchev–Trinajstić information content (AvgIpc) is 2.38. The monoisotopic (exact) mass is 256 g/mol. The summed E-state index contributed by atoms with van der Waals surface area (Å²) in [4.78, 5) is 0. The summed E-state index contributed by atoms with van der Waals surface area (Å²) in [6, 6.07) is 13.3. The predicted molar refractivity (Wildman–Crippen MR) is 80.0 cm³/mol. The van der Waals surface area contributed by atoms with Crippen LogP contribution in [-0.4, -0.2) is 0 Å². The maximum Gasteiger partial charge on any atom is 0.123 e. The summed E-state index contributed by atoms with van der Waals surface area (Å²) in [6.45, 7) is 8.80. The number of rotatable bonds is 3. The van der Waals surface area contributed by atoms with Crippen molar-refractivity contribution in [2.24, 2.45) is 0 Å². The van der Waals surface area contributed by atoms with E-state index in [1.54, 1.807) is 0 Å². The lowest BCUT2D eigenvalue weighted by Crippen LogP contribution is -1.99. The molecule has 0 saturated carbocycles. The molecule has 2 rings (SSSR count). The molecule has 0 unspecified atom stereocenters. The topological polar surface area (TPSA) is 0 Å². The fraction of sp³-hybridized carbons (Fsp3) is 0.333. The first-order valence-corrected chi connectivity index (χ1v) is 6.89. The molecule has 0 heterocycles. The van der Waals surface area contributed by atoms with Crippen molar-refractivity contribution in [2.75, 3.05) is 0 Å². The lowest BCUT2D eigenvalue weighted by molar-refractivity contribution is 0.628. The smallest absolute Gasteiger partial charge is 0.123 e. The highest BCUT2D eigenvalue weighted by atomic mass is 19.1. The van der Waals surface area contributed by atoms with Crippen LogP contribution in [-0.2, 0) is 0 Å². The minimum Gasteiger partial charge on any atom is -0.207 e. The van der Waals surface area contributed by atoms with Gasteiger partial charge in [0.15, 0.2) is 0 Å². The molecule has 0 atom stereocenters. The summed E-state index contributed by atoms with van der Waals surface area (Å²) in [5.41, 5.74) is 5.04. The Morgan fingerprint density at radius 1 is 0.737 bits per heavy atom. The summed E-state index contributed by atoms with van der Waals surface area (Å²) >= 11 is 0. The van der Waals surface area contributed by atoms with Gasteiger partial charge in [-0.15, -0.1) is 0 Å². The van der Waals surface area contributed by atoms with Crippen molar-refractivity contribution in [3.63, 3.8) is 0 Å². The summed E-state index contributed by atoms with van der Waals surface area (Å²) < 4.78 is 13.1. The molecule has 0 radical (unpaired) electrons. The molecule has 2 aromatic rings. The van der Waals surface area contributed by atoms with Crippen LogP contribution in [0.4, 0.5) is 4.39 Å². The second kappa shape index (κ2) is 5.56. The van der Waals surface area contributed by atoms with Gasteiger partial charge in [-0.1, -0.05) is 58.0 Å². The van der Waals surface area contributed by atoms with Crippen LogP contribution < -0.4 is 0 Å². The molecule has 0 aromatic heterocycles. The molecular formula is C18H21F. The van der Waals surface area contributed by atoms with E-state index in [1.165, 1.54) is 28.8 Å². The van der Waals surface area contributed by atoms with Crippen LogP contribution in [0.5, 0.6) is 0 Å². The zero-order chi connectivity index (χ0) is 14.0. The van der Waals surface area contributed by atoms with Crippen molar-refractivity contribution in [3.05, 3.63) is 59.4 Å². The largest absolute Gasteiger partial charge is 0.207 e. The van der Waals surface area contributed by atoms with Crippen LogP contribution >= 0.6 is 0 Å². The van der Waals surface area contributed by atoms with Gasteiger partial charge in [-0.05, 0) is 46.2 Å². The maximum absolute atomic E-state index is 13.1. The maximum atomic E-state index is 13.1. The molecular weight excluding hydrogens is 235 g/mol. The van der Waals surface area contributed by atoms with E-state index in [4.69, 9.17) is 0 Å². The molecule has 100 valence electrons. The lowest BCUT2D eigenvalue weighted by atomic mass is 9.85. The highest BCUT2D eigenvalue weighted by Crippen LogP contribution is 2.35. The molecule has 0 N–H and O–H groups in total. The SMILES string of the molecule is CC(C)c1cccc(C(C)C)c1-c1ccc(F)cc1. The van der Waals surface area contributed by atoms with Crippen molar-refractivity contribution in [2.45, 2.75) is 39.5 Å². The fourth-order valence-corrected chi connectivity index (χ4v) is 2.50. The summed E-state index contributed by atoms with van der Waals surface area (Å²) in [5.74, 6) is 0.731. The van der Waals surface area contributed by atoms with Crippen LogP contribution in [0.15, 0.2) is 42.5 Å². The number of benzene rings is 2. The molecule has 0 spiro atoms. The van der Waals surface area contributed by atoms with Gasteiger partial charge in [-0.25, -0.2) is 4.39 Å². The van der Waals surface area contributed by atoms with Crippen LogP contribution in [0.1, 0.15) is 50.7 Å². The van der Waals surface area contributed by atoms with E-state index in [2.05, 4.69) is 45.9 Å². The van der Waals surface area contributed by atoms with Gasteiger partial charge in [0.1, 0.15) is 5.82 Å². The van der Waals surface area contributed by atoms with Gasteiger partial charge in [0.2, 0.25) is 0 Å². The molecule has 2 aromatic carbocycles. The summed E-state index contributed by atoms with van der Waals surface area (Å²) in [7, 11) is 0. The van der Waals surface area contributed by atoms with Crippen LogP contribution in [0, 0.1) is 5.82 Å². The van der Waals surface area contributed by atoms with E-state index in [-0.39, 0.29) is 5.82 Å². The van der Waals surface area contributed by atoms with Crippen LogP contribution in [0.3, 0.4) is 0 Å². The minimum absolute atomic E-state index is 0.183. The molecule has 0 amide bonds. The highest BCUT2D eigenvalue weighted by Gasteiger charge is 2.15. The Hall–Kier alpha value is -1.63. The van der Waals surface area contributed by atoms with Crippen LogP contribution in [0.25, 0.3) is 11.1 Å². The molecule has 0 aliphatic heterocycles. The molecule has 0 saturated heterocycles. The number of halogens is 1. The van der Waals surface area contributed by atoms with Crippen molar-refractivity contribution in [1.82, 2.24) is 0 Å². The Balaban J connectivity index is 2.67. The van der Waals surface area contributed by atoms with E-state index >= 15 is 0 Å². The molecule has 0 fully saturated rings. The zero-order valence-corrected chi connectivity index (χ0v) is 12.1. The van der Waals surface area contributed by atoms with Crippen LogP contribution in [0.2, 0.25) is 0 Å². The Bertz CT molecular complexity index is 524. The van der Waals surface area contributed by atoms with E-state index < -0.39 is 0 Å². The standard InChI is InChI=1S/C18H21F/c1-12(2)16-6-5-7-17(13(3)4)18(16)14-8-10-15(19)11-9-14/h5-13H,1-4H3. The zero-order valence-electron chi connectivity index (χ0n) is 12.1. The third-order valence-corrected chi connectivity index (χ3v) is 3.51. The van der Waals surface area contributed by atoms with E-state index in [0.29, 0.717) is 11.8 Å². The van der Waals surface area contributed by atoms with Crippen molar-refractivity contribution < 1.29 is 4.39 Å². The Morgan fingerprint density at radius 2 is 1.21 bits per heavy atom. The van der Waals surface area contributed by atoms with Crippen molar-refractivity contribution in [3.8, 4) is 11.1 Å². The van der Waals surface area contributed by atoms with Gasteiger partial charge in [-0.2, -0.15) is 0 Å². The number of hydrogen-bond acceptors (Lipinski definition) is 0. The van der Waals surface area contributed by atoms with Gasteiger partial charge in [0.05, 0.1) is 0 Å². The van der Waals surface area contributed by atoms with Gasteiger partial charge in [0, 0.05) is 0 Å². The minimum atomic E-state index is -0.183. The lowest BCUT2D eigenvalue weighted by Gasteiger charge is -2.19. The first-order chi connectivity index (χ1) is 9.00. The third kappa shape index (κ3) is 2.86. The second-order valence-corrected chi connectivity index (χ2v) is 5.63. The predicted octanol–water partition coefficient (Wildman–Crippen LogP) is 5.74. The average molecular weight is 256 g/mol.